The van der Waals surface area contributed by atoms with Crippen LogP contribution < -0.4 is 5.32 Å². The second-order valence-corrected chi connectivity index (χ2v) is 5.65. The van der Waals surface area contributed by atoms with E-state index in [1.807, 2.05) is 25.1 Å². The van der Waals surface area contributed by atoms with Crippen molar-refractivity contribution >= 4 is 22.8 Å². The summed E-state index contributed by atoms with van der Waals surface area (Å²) in [4.78, 5) is 28.1. The van der Waals surface area contributed by atoms with Gasteiger partial charge >= 0.3 is 5.97 Å². The van der Waals surface area contributed by atoms with Crippen molar-refractivity contribution < 1.29 is 14.3 Å². The van der Waals surface area contributed by atoms with Gasteiger partial charge < -0.3 is 10.1 Å². The average molecular weight is 298 g/mol. The molecule has 1 N–H and O–H groups in total. The Morgan fingerprint density at radius 3 is 2.86 bits per heavy atom. The molecule has 1 saturated carbocycles. The molecule has 1 atom stereocenters. The molecule has 0 radical (unpaired) electrons. The van der Waals surface area contributed by atoms with Gasteiger partial charge in [0, 0.05) is 17.6 Å². The Balaban J connectivity index is 1.62. The summed E-state index contributed by atoms with van der Waals surface area (Å²) < 4.78 is 5.11. The lowest BCUT2D eigenvalue weighted by Crippen LogP contribution is -2.37. The summed E-state index contributed by atoms with van der Waals surface area (Å²) >= 11 is 0. The van der Waals surface area contributed by atoms with Gasteiger partial charge in [-0.25, -0.2) is 4.79 Å². The number of benzene rings is 1. The van der Waals surface area contributed by atoms with E-state index in [9.17, 15) is 9.59 Å². The zero-order valence-corrected chi connectivity index (χ0v) is 12.4. The minimum absolute atomic E-state index is 0.144. The minimum atomic E-state index is -0.529. The molecule has 1 aromatic heterocycles. The highest BCUT2D eigenvalue weighted by Gasteiger charge is 2.29. The van der Waals surface area contributed by atoms with Crippen molar-refractivity contribution in [3.8, 4) is 0 Å². The number of amides is 1. The number of hydrogen-bond acceptors (Lipinski definition) is 4. The van der Waals surface area contributed by atoms with E-state index in [2.05, 4.69) is 10.3 Å². The Morgan fingerprint density at radius 2 is 2.09 bits per heavy atom. The van der Waals surface area contributed by atoms with Crippen molar-refractivity contribution in [1.82, 2.24) is 10.3 Å². The summed E-state index contributed by atoms with van der Waals surface area (Å²) in [5, 5.41) is 3.72. The molecule has 1 amide bonds. The van der Waals surface area contributed by atoms with E-state index >= 15 is 0 Å². The van der Waals surface area contributed by atoms with Gasteiger partial charge in [-0.2, -0.15) is 0 Å². The number of nitrogens with zero attached hydrogens (tertiary/aromatic N) is 1. The van der Waals surface area contributed by atoms with Crippen LogP contribution in [0.5, 0.6) is 0 Å². The van der Waals surface area contributed by atoms with Crippen molar-refractivity contribution in [1.29, 1.82) is 0 Å². The van der Waals surface area contributed by atoms with Crippen LogP contribution in [0.15, 0.2) is 36.5 Å². The predicted octanol–water partition coefficient (Wildman–Crippen LogP) is 2.31. The van der Waals surface area contributed by atoms with E-state index in [4.69, 9.17) is 4.74 Å². The van der Waals surface area contributed by atoms with E-state index in [0.717, 1.165) is 18.2 Å². The Hall–Kier alpha value is -2.43. The quantitative estimate of drug-likeness (QED) is 0.860. The molecule has 0 unspecified atom stereocenters. The molecule has 0 saturated heterocycles. The van der Waals surface area contributed by atoms with Gasteiger partial charge in [0.2, 0.25) is 0 Å². The molecule has 1 aliphatic rings. The lowest BCUT2D eigenvalue weighted by atomic mass is 10.1. The first-order valence-electron chi connectivity index (χ1n) is 7.45. The number of pyridine rings is 1. The SMILES string of the molecule is C[C@H](NC(=O)COC(=O)c1cccc2cccnc12)C1CC1. The molecule has 1 heterocycles. The van der Waals surface area contributed by atoms with E-state index in [1.54, 1.807) is 18.3 Å². The maximum atomic E-state index is 12.2. The standard InChI is InChI=1S/C17H18N2O3/c1-11(12-7-8-12)19-15(20)10-22-17(21)14-6-2-4-13-5-3-9-18-16(13)14/h2-6,9,11-12H,7-8,10H2,1H3,(H,19,20)/t11-/m0/s1. The topological polar surface area (TPSA) is 68.3 Å². The molecular formula is C17H18N2O3. The molecule has 1 aromatic carbocycles. The summed E-state index contributed by atoms with van der Waals surface area (Å²) in [5.41, 5.74) is 0.961. The highest BCUT2D eigenvalue weighted by molar-refractivity contribution is 6.03. The number of carbonyl (C=O) groups excluding carboxylic acids is 2. The van der Waals surface area contributed by atoms with E-state index in [-0.39, 0.29) is 18.6 Å². The molecule has 5 nitrogen and oxygen atoms in total. The van der Waals surface area contributed by atoms with Crippen LogP contribution in [-0.4, -0.2) is 29.5 Å². The van der Waals surface area contributed by atoms with Gasteiger partial charge in [0.05, 0.1) is 11.1 Å². The van der Waals surface area contributed by atoms with Crippen LogP contribution in [0.2, 0.25) is 0 Å². The number of nitrogens with one attached hydrogen (secondary N) is 1. The van der Waals surface area contributed by atoms with E-state index in [0.29, 0.717) is 17.0 Å². The molecule has 0 bridgehead atoms. The Morgan fingerprint density at radius 1 is 1.32 bits per heavy atom. The molecule has 1 fully saturated rings. The van der Waals surface area contributed by atoms with Crippen LogP contribution in [0.4, 0.5) is 0 Å². The first-order chi connectivity index (χ1) is 10.6. The van der Waals surface area contributed by atoms with Gasteiger partial charge in [0.1, 0.15) is 0 Å². The summed E-state index contributed by atoms with van der Waals surface area (Å²) in [5.74, 6) is -0.221. The highest BCUT2D eigenvalue weighted by atomic mass is 16.5. The number of carbonyl (C=O) groups is 2. The Bertz CT molecular complexity index is 705. The third kappa shape index (κ3) is 3.24. The molecule has 22 heavy (non-hydrogen) atoms. The number of fused-ring (bicyclic) bond motifs is 1. The van der Waals surface area contributed by atoms with E-state index in [1.165, 1.54) is 0 Å². The maximum Gasteiger partial charge on any atom is 0.340 e. The van der Waals surface area contributed by atoms with Crippen LogP contribution in [0.25, 0.3) is 10.9 Å². The maximum absolute atomic E-state index is 12.2. The van der Waals surface area contributed by atoms with Crippen LogP contribution in [0.3, 0.4) is 0 Å². The number of rotatable bonds is 5. The van der Waals surface area contributed by atoms with Crippen LogP contribution >= 0.6 is 0 Å². The Labute approximate surface area is 128 Å². The summed E-state index contributed by atoms with van der Waals surface area (Å²) in [6.07, 6.45) is 3.94. The van der Waals surface area contributed by atoms with Crippen molar-refractivity contribution in [2.45, 2.75) is 25.8 Å². The van der Waals surface area contributed by atoms with Crippen LogP contribution in [0, 0.1) is 5.92 Å². The smallest absolute Gasteiger partial charge is 0.340 e. The van der Waals surface area contributed by atoms with Gasteiger partial charge in [0.15, 0.2) is 6.61 Å². The number of ether oxygens (including phenoxy) is 1. The monoisotopic (exact) mass is 298 g/mol. The third-order valence-corrected chi connectivity index (χ3v) is 3.90. The van der Waals surface area contributed by atoms with Crippen molar-refractivity contribution in [3.05, 3.63) is 42.1 Å². The number of aromatic nitrogens is 1. The largest absolute Gasteiger partial charge is 0.452 e. The van der Waals surface area contributed by atoms with Gasteiger partial charge in [-0.05, 0) is 37.8 Å². The van der Waals surface area contributed by atoms with Gasteiger partial charge in [-0.3, -0.25) is 9.78 Å². The van der Waals surface area contributed by atoms with Crippen LogP contribution in [0.1, 0.15) is 30.1 Å². The molecule has 1 aliphatic carbocycles. The molecule has 0 spiro atoms. The molecule has 0 aliphatic heterocycles. The van der Waals surface area contributed by atoms with Crippen molar-refractivity contribution in [2.24, 2.45) is 5.92 Å². The minimum Gasteiger partial charge on any atom is -0.452 e. The predicted molar refractivity (Wildman–Crippen MR) is 82.4 cm³/mol. The summed E-state index contributed by atoms with van der Waals surface area (Å²) in [7, 11) is 0. The number of para-hydroxylation sites is 1. The number of esters is 1. The van der Waals surface area contributed by atoms with Gasteiger partial charge in [-0.1, -0.05) is 18.2 Å². The van der Waals surface area contributed by atoms with Crippen molar-refractivity contribution in [2.75, 3.05) is 6.61 Å². The van der Waals surface area contributed by atoms with Gasteiger partial charge in [0.25, 0.3) is 5.91 Å². The number of hydrogen-bond donors (Lipinski definition) is 1. The summed E-state index contributed by atoms with van der Waals surface area (Å²) in [6.45, 7) is 1.71. The fourth-order valence-electron chi connectivity index (χ4n) is 2.49. The lowest BCUT2D eigenvalue weighted by molar-refractivity contribution is -0.124. The van der Waals surface area contributed by atoms with Crippen LogP contribution in [-0.2, 0) is 9.53 Å². The lowest BCUT2D eigenvalue weighted by Gasteiger charge is -2.13. The second-order valence-electron chi connectivity index (χ2n) is 5.65. The first-order valence-corrected chi connectivity index (χ1v) is 7.45. The Kier molecular flexibility index (Phi) is 4.04. The molecular weight excluding hydrogens is 280 g/mol. The molecule has 2 aromatic rings. The second kappa shape index (κ2) is 6.13. The molecule has 114 valence electrons. The zero-order chi connectivity index (χ0) is 15.5. The first kappa shape index (κ1) is 14.5. The fraction of sp³-hybridized carbons (Fsp3) is 0.353. The normalized spacial score (nSPS) is 15.3. The average Bonchev–Trinajstić information content (AvgIpc) is 3.37. The van der Waals surface area contributed by atoms with Gasteiger partial charge in [-0.15, -0.1) is 0 Å². The molecule has 5 heteroatoms. The van der Waals surface area contributed by atoms with Crippen molar-refractivity contribution in [3.63, 3.8) is 0 Å². The highest BCUT2D eigenvalue weighted by Crippen LogP contribution is 2.32. The van der Waals surface area contributed by atoms with E-state index < -0.39 is 5.97 Å². The zero-order valence-electron chi connectivity index (χ0n) is 12.4. The summed E-state index contributed by atoms with van der Waals surface area (Å²) in [6, 6.07) is 9.14. The third-order valence-electron chi connectivity index (χ3n) is 3.90. The fourth-order valence-corrected chi connectivity index (χ4v) is 2.49. The molecule has 3 rings (SSSR count).